The Morgan fingerprint density at radius 1 is 1.13 bits per heavy atom. The van der Waals surface area contributed by atoms with Crippen LogP contribution in [-0.4, -0.2) is 56.8 Å². The summed E-state index contributed by atoms with van der Waals surface area (Å²) < 4.78 is 51.9. The third-order valence-corrected chi connectivity index (χ3v) is 6.85. The third kappa shape index (κ3) is 4.67. The van der Waals surface area contributed by atoms with Gasteiger partial charge in [-0.2, -0.15) is 17.0 Å². The summed E-state index contributed by atoms with van der Waals surface area (Å²) in [6.07, 6.45) is 0. The molecule has 2 aromatic carbocycles. The SMILES string of the molecule is COc1cc(OC)c(NC(=O)CN2CCN(Cc3ccccc3F)S2(=O)=O)cc1Cl. The van der Waals surface area contributed by atoms with E-state index in [1.54, 1.807) is 6.07 Å². The van der Waals surface area contributed by atoms with Crippen molar-refractivity contribution in [3.05, 3.63) is 52.8 Å². The normalized spacial score (nSPS) is 16.4. The largest absolute Gasteiger partial charge is 0.495 e. The minimum atomic E-state index is -3.90. The van der Waals surface area contributed by atoms with Crippen LogP contribution in [0.2, 0.25) is 5.02 Å². The van der Waals surface area contributed by atoms with Crippen molar-refractivity contribution >= 4 is 33.4 Å². The number of rotatable bonds is 7. The van der Waals surface area contributed by atoms with Crippen LogP contribution in [0.1, 0.15) is 5.56 Å². The molecule has 2 aromatic rings. The Kier molecular flexibility index (Phi) is 6.81. The number of hydrogen-bond acceptors (Lipinski definition) is 5. The highest BCUT2D eigenvalue weighted by Crippen LogP contribution is 2.36. The van der Waals surface area contributed by atoms with Gasteiger partial charge in [-0.25, -0.2) is 4.39 Å². The first-order valence-electron chi connectivity index (χ1n) is 8.96. The molecule has 1 N–H and O–H groups in total. The van der Waals surface area contributed by atoms with Gasteiger partial charge in [-0.3, -0.25) is 4.79 Å². The number of ether oxygens (including phenoxy) is 2. The van der Waals surface area contributed by atoms with Crippen molar-refractivity contribution < 1.29 is 27.1 Å². The highest BCUT2D eigenvalue weighted by Gasteiger charge is 2.37. The fraction of sp³-hybridized carbons (Fsp3) is 0.316. The van der Waals surface area contributed by atoms with Crippen molar-refractivity contribution in [3.8, 4) is 11.5 Å². The molecule has 0 atom stereocenters. The fourth-order valence-electron chi connectivity index (χ4n) is 3.06. The molecular formula is C19H21ClFN3O5S. The summed E-state index contributed by atoms with van der Waals surface area (Å²) in [5.41, 5.74) is 0.554. The number of benzene rings is 2. The van der Waals surface area contributed by atoms with Gasteiger partial charge in [-0.1, -0.05) is 29.8 Å². The first kappa shape index (κ1) is 22.3. The second-order valence-electron chi connectivity index (χ2n) is 6.50. The quantitative estimate of drug-likeness (QED) is 0.690. The first-order chi connectivity index (χ1) is 14.3. The van der Waals surface area contributed by atoms with Crippen LogP contribution in [0.4, 0.5) is 10.1 Å². The van der Waals surface area contributed by atoms with E-state index in [4.69, 9.17) is 21.1 Å². The lowest BCUT2D eigenvalue weighted by atomic mass is 10.2. The van der Waals surface area contributed by atoms with Crippen LogP contribution in [0.25, 0.3) is 0 Å². The molecule has 1 aliphatic rings. The number of nitrogens with one attached hydrogen (secondary N) is 1. The van der Waals surface area contributed by atoms with E-state index in [2.05, 4.69) is 5.32 Å². The van der Waals surface area contributed by atoms with E-state index in [-0.39, 0.29) is 35.9 Å². The standard InChI is InChI=1S/C19H21ClFN3O5S/c1-28-17-10-18(29-2)16(9-14(17)20)22-19(25)12-24-8-7-23(30(24,26)27)11-13-5-3-4-6-15(13)21/h3-6,9-10H,7-8,11-12H2,1-2H3,(H,22,25). The molecular weight excluding hydrogens is 437 g/mol. The number of carbonyl (C=O) groups excluding carboxylic acids is 1. The first-order valence-corrected chi connectivity index (χ1v) is 10.7. The smallest absolute Gasteiger partial charge is 0.282 e. The number of halogens is 2. The van der Waals surface area contributed by atoms with E-state index in [1.165, 1.54) is 44.6 Å². The fourth-order valence-corrected chi connectivity index (χ4v) is 4.84. The lowest BCUT2D eigenvalue weighted by molar-refractivity contribution is -0.116. The maximum atomic E-state index is 13.9. The second kappa shape index (κ2) is 9.17. The summed E-state index contributed by atoms with van der Waals surface area (Å²) in [4.78, 5) is 12.5. The van der Waals surface area contributed by atoms with Gasteiger partial charge >= 0.3 is 0 Å². The molecule has 3 rings (SSSR count). The maximum absolute atomic E-state index is 13.9. The van der Waals surface area contributed by atoms with Crippen LogP contribution in [0.15, 0.2) is 36.4 Å². The zero-order chi connectivity index (χ0) is 21.9. The Bertz CT molecular complexity index is 1050. The van der Waals surface area contributed by atoms with Gasteiger partial charge in [0.25, 0.3) is 10.2 Å². The van der Waals surface area contributed by atoms with E-state index in [0.717, 1.165) is 8.61 Å². The molecule has 0 unspecified atom stereocenters. The minimum Gasteiger partial charge on any atom is -0.495 e. The molecule has 0 spiro atoms. The van der Waals surface area contributed by atoms with Gasteiger partial charge in [-0.15, -0.1) is 0 Å². The molecule has 0 bridgehead atoms. The summed E-state index contributed by atoms with van der Waals surface area (Å²) >= 11 is 6.09. The number of methoxy groups -OCH3 is 2. The van der Waals surface area contributed by atoms with E-state index < -0.39 is 28.5 Å². The molecule has 162 valence electrons. The van der Waals surface area contributed by atoms with Crippen molar-refractivity contribution in [2.75, 3.05) is 39.2 Å². The van der Waals surface area contributed by atoms with Crippen molar-refractivity contribution in [3.63, 3.8) is 0 Å². The van der Waals surface area contributed by atoms with E-state index in [9.17, 15) is 17.6 Å². The van der Waals surface area contributed by atoms with E-state index in [1.807, 2.05) is 0 Å². The predicted octanol–water partition coefficient (Wildman–Crippen LogP) is 2.50. The Morgan fingerprint density at radius 3 is 2.47 bits per heavy atom. The van der Waals surface area contributed by atoms with Gasteiger partial charge in [0.05, 0.1) is 31.5 Å². The summed E-state index contributed by atoms with van der Waals surface area (Å²) in [5, 5.41) is 2.87. The molecule has 11 heteroatoms. The molecule has 0 aromatic heterocycles. The predicted molar refractivity (Wildman–Crippen MR) is 110 cm³/mol. The third-order valence-electron chi connectivity index (χ3n) is 4.62. The Labute approximate surface area is 179 Å². The Morgan fingerprint density at radius 2 is 1.80 bits per heavy atom. The molecule has 1 amide bonds. The second-order valence-corrected chi connectivity index (χ2v) is 8.84. The van der Waals surface area contributed by atoms with Gasteiger partial charge in [0.15, 0.2) is 0 Å². The average molecular weight is 458 g/mol. The van der Waals surface area contributed by atoms with Crippen LogP contribution >= 0.6 is 11.6 Å². The molecule has 0 radical (unpaired) electrons. The average Bonchev–Trinajstić information content (AvgIpc) is 2.97. The molecule has 8 nitrogen and oxygen atoms in total. The zero-order valence-electron chi connectivity index (χ0n) is 16.4. The van der Waals surface area contributed by atoms with Gasteiger partial charge in [0.1, 0.15) is 17.3 Å². The van der Waals surface area contributed by atoms with Crippen LogP contribution in [0.3, 0.4) is 0 Å². The maximum Gasteiger partial charge on any atom is 0.282 e. The van der Waals surface area contributed by atoms with Crippen molar-refractivity contribution in [1.82, 2.24) is 8.61 Å². The van der Waals surface area contributed by atoms with Gasteiger partial charge < -0.3 is 14.8 Å². The van der Waals surface area contributed by atoms with Crippen molar-refractivity contribution in [1.29, 1.82) is 0 Å². The number of anilines is 1. The topological polar surface area (TPSA) is 88.2 Å². The zero-order valence-corrected chi connectivity index (χ0v) is 18.0. The monoisotopic (exact) mass is 457 g/mol. The molecule has 1 heterocycles. The molecule has 1 aliphatic heterocycles. The summed E-state index contributed by atoms with van der Waals surface area (Å²) in [6, 6.07) is 8.95. The lowest BCUT2D eigenvalue weighted by Crippen LogP contribution is -2.38. The minimum absolute atomic E-state index is 0.102. The van der Waals surface area contributed by atoms with Crippen LogP contribution in [-0.2, 0) is 21.5 Å². The summed E-state index contributed by atoms with van der Waals surface area (Å²) in [5.74, 6) is -0.356. The highest BCUT2D eigenvalue weighted by molar-refractivity contribution is 7.87. The number of nitrogens with zero attached hydrogens (tertiary/aromatic N) is 2. The van der Waals surface area contributed by atoms with Crippen LogP contribution < -0.4 is 14.8 Å². The molecule has 0 saturated carbocycles. The van der Waals surface area contributed by atoms with E-state index in [0.29, 0.717) is 11.5 Å². The highest BCUT2D eigenvalue weighted by atomic mass is 35.5. The molecule has 30 heavy (non-hydrogen) atoms. The summed E-state index contributed by atoms with van der Waals surface area (Å²) in [6.45, 7) is -0.232. The Hall–Kier alpha value is -2.40. The van der Waals surface area contributed by atoms with Crippen LogP contribution in [0, 0.1) is 5.82 Å². The molecule has 1 fully saturated rings. The number of hydrogen-bond donors (Lipinski definition) is 1. The number of carbonyl (C=O) groups is 1. The van der Waals surface area contributed by atoms with Gasteiger partial charge in [-0.05, 0) is 12.1 Å². The van der Waals surface area contributed by atoms with E-state index >= 15 is 0 Å². The lowest BCUT2D eigenvalue weighted by Gasteiger charge is -2.19. The molecule has 0 aliphatic carbocycles. The van der Waals surface area contributed by atoms with Crippen molar-refractivity contribution in [2.24, 2.45) is 0 Å². The van der Waals surface area contributed by atoms with Gasteiger partial charge in [0, 0.05) is 31.3 Å². The Balaban J connectivity index is 1.69. The van der Waals surface area contributed by atoms with Crippen molar-refractivity contribution in [2.45, 2.75) is 6.54 Å². The number of amides is 1. The summed E-state index contributed by atoms with van der Waals surface area (Å²) in [7, 11) is -1.03. The molecule has 1 saturated heterocycles. The van der Waals surface area contributed by atoms with Crippen LogP contribution in [0.5, 0.6) is 11.5 Å². The van der Waals surface area contributed by atoms with Gasteiger partial charge in [0.2, 0.25) is 5.91 Å².